The van der Waals surface area contributed by atoms with E-state index in [0.717, 1.165) is 6.07 Å². The normalized spacial score (nSPS) is 13.0. The number of benzene rings is 1. The largest absolute Gasteiger partial charge is 0.416 e. The first-order chi connectivity index (χ1) is 9.79. The van der Waals surface area contributed by atoms with Crippen molar-refractivity contribution in [3.63, 3.8) is 0 Å². The monoisotopic (exact) mass is 378 g/mol. The lowest BCUT2D eigenvalue weighted by atomic mass is 10.0. The number of alkyl halides is 3. The minimum Gasteiger partial charge on any atom is -0.376 e. The molecule has 0 aliphatic heterocycles. The van der Waals surface area contributed by atoms with E-state index in [1.54, 1.807) is 19.1 Å². The molecule has 0 saturated carbocycles. The van der Waals surface area contributed by atoms with Crippen LogP contribution >= 0.6 is 27.5 Å². The van der Waals surface area contributed by atoms with Crippen LogP contribution in [-0.2, 0) is 6.18 Å². The van der Waals surface area contributed by atoms with Crippen LogP contribution in [0, 0.1) is 0 Å². The van der Waals surface area contributed by atoms with Crippen molar-refractivity contribution in [1.82, 2.24) is 4.98 Å². The van der Waals surface area contributed by atoms with Crippen molar-refractivity contribution in [3.05, 3.63) is 57.3 Å². The van der Waals surface area contributed by atoms with Crippen LogP contribution in [0.2, 0.25) is 5.15 Å². The van der Waals surface area contributed by atoms with Gasteiger partial charge >= 0.3 is 6.18 Å². The quantitative estimate of drug-likeness (QED) is 0.693. The summed E-state index contributed by atoms with van der Waals surface area (Å²) in [5, 5.41) is 3.16. The number of pyridine rings is 1. The third-order valence-electron chi connectivity index (χ3n) is 2.91. The minimum absolute atomic E-state index is 0.154. The third-order valence-corrected chi connectivity index (χ3v) is 3.65. The average molecular weight is 380 g/mol. The predicted octanol–water partition coefficient (Wildman–Crippen LogP) is 5.69. The maximum atomic E-state index is 13.0. The smallest absolute Gasteiger partial charge is 0.376 e. The van der Waals surface area contributed by atoms with E-state index in [4.69, 9.17) is 11.6 Å². The van der Waals surface area contributed by atoms with Gasteiger partial charge in [0.2, 0.25) is 0 Å². The van der Waals surface area contributed by atoms with Crippen LogP contribution < -0.4 is 5.32 Å². The van der Waals surface area contributed by atoms with Crippen LogP contribution in [0.15, 0.2) is 41.0 Å². The molecule has 1 aromatic carbocycles. The van der Waals surface area contributed by atoms with Gasteiger partial charge in [0, 0.05) is 16.7 Å². The van der Waals surface area contributed by atoms with Crippen LogP contribution in [0.25, 0.3) is 0 Å². The second-order valence-electron chi connectivity index (χ2n) is 4.44. The van der Waals surface area contributed by atoms with E-state index in [9.17, 15) is 13.2 Å². The topological polar surface area (TPSA) is 24.9 Å². The summed E-state index contributed by atoms with van der Waals surface area (Å²) in [7, 11) is 0. The Morgan fingerprint density at radius 2 is 1.95 bits per heavy atom. The third kappa shape index (κ3) is 3.89. The van der Waals surface area contributed by atoms with Crippen molar-refractivity contribution in [2.75, 3.05) is 5.32 Å². The summed E-state index contributed by atoms with van der Waals surface area (Å²) in [6.07, 6.45) is -2.88. The van der Waals surface area contributed by atoms with Gasteiger partial charge in [0.15, 0.2) is 5.15 Å². The van der Waals surface area contributed by atoms with Gasteiger partial charge < -0.3 is 5.32 Å². The molecule has 0 amide bonds. The Morgan fingerprint density at radius 3 is 2.62 bits per heavy atom. The molecular formula is C14H11BrClF3N2. The summed E-state index contributed by atoms with van der Waals surface area (Å²) in [6, 6.07) is 6.54. The number of nitrogens with zero attached hydrogens (tertiary/aromatic N) is 1. The molecule has 21 heavy (non-hydrogen) atoms. The zero-order chi connectivity index (χ0) is 15.6. The van der Waals surface area contributed by atoms with E-state index in [0.29, 0.717) is 10.2 Å². The molecule has 0 radical (unpaired) electrons. The zero-order valence-electron chi connectivity index (χ0n) is 10.9. The number of aromatic nitrogens is 1. The van der Waals surface area contributed by atoms with E-state index >= 15 is 0 Å². The SMILES string of the molecule is CC(Nc1cc(Br)cnc1Cl)c1ccccc1C(F)(F)F. The molecule has 0 fully saturated rings. The number of rotatable bonds is 3. The summed E-state index contributed by atoms with van der Waals surface area (Å²) in [5.41, 5.74) is -0.0411. The highest BCUT2D eigenvalue weighted by Gasteiger charge is 2.34. The molecule has 0 aliphatic carbocycles. The van der Waals surface area contributed by atoms with Gasteiger partial charge in [0.1, 0.15) is 0 Å². The lowest BCUT2D eigenvalue weighted by molar-refractivity contribution is -0.138. The highest BCUT2D eigenvalue weighted by Crippen LogP contribution is 2.36. The molecule has 112 valence electrons. The van der Waals surface area contributed by atoms with E-state index in [1.807, 2.05) is 0 Å². The van der Waals surface area contributed by atoms with E-state index in [2.05, 4.69) is 26.2 Å². The van der Waals surface area contributed by atoms with Crippen molar-refractivity contribution in [3.8, 4) is 0 Å². The van der Waals surface area contributed by atoms with Crippen molar-refractivity contribution < 1.29 is 13.2 Å². The number of nitrogens with one attached hydrogen (secondary N) is 1. The Labute approximate surface area is 133 Å². The molecule has 1 unspecified atom stereocenters. The molecule has 0 saturated heterocycles. The minimum atomic E-state index is -4.40. The Hall–Kier alpha value is -1.27. The first-order valence-electron chi connectivity index (χ1n) is 6.02. The van der Waals surface area contributed by atoms with Crippen LogP contribution in [0.1, 0.15) is 24.1 Å². The summed E-state index contributed by atoms with van der Waals surface area (Å²) < 4.78 is 39.7. The van der Waals surface area contributed by atoms with Crippen LogP contribution in [0.3, 0.4) is 0 Å². The van der Waals surface area contributed by atoms with Crippen molar-refractivity contribution in [1.29, 1.82) is 0 Å². The van der Waals surface area contributed by atoms with Gasteiger partial charge in [0.05, 0.1) is 11.3 Å². The standard InChI is InChI=1S/C14H11BrClF3N2/c1-8(21-12-6-9(15)7-20-13(12)16)10-4-2-3-5-11(10)14(17,18)19/h2-8,21H,1H3. The fraction of sp³-hybridized carbons (Fsp3) is 0.214. The van der Waals surface area contributed by atoms with Gasteiger partial charge in [-0.1, -0.05) is 29.8 Å². The molecule has 2 nitrogen and oxygen atoms in total. The molecule has 0 spiro atoms. The summed E-state index contributed by atoms with van der Waals surface area (Å²) >= 11 is 9.19. The first-order valence-corrected chi connectivity index (χ1v) is 7.20. The number of hydrogen-bond acceptors (Lipinski definition) is 2. The van der Waals surface area contributed by atoms with Gasteiger partial charge in [-0.3, -0.25) is 0 Å². The molecule has 2 aromatic rings. The number of halogens is 5. The van der Waals surface area contributed by atoms with Crippen molar-refractivity contribution in [2.24, 2.45) is 0 Å². The number of anilines is 1. The molecule has 0 bridgehead atoms. The second kappa shape index (κ2) is 6.23. The molecule has 1 atom stereocenters. The fourth-order valence-electron chi connectivity index (χ4n) is 1.97. The molecule has 7 heteroatoms. The highest BCUT2D eigenvalue weighted by molar-refractivity contribution is 9.10. The molecule has 1 aromatic heterocycles. The maximum absolute atomic E-state index is 13.0. The lowest BCUT2D eigenvalue weighted by Crippen LogP contribution is -2.15. The van der Waals surface area contributed by atoms with Crippen LogP contribution in [0.5, 0.6) is 0 Å². The van der Waals surface area contributed by atoms with Crippen LogP contribution in [-0.4, -0.2) is 4.98 Å². The molecule has 2 rings (SSSR count). The first kappa shape index (κ1) is 16.1. The second-order valence-corrected chi connectivity index (χ2v) is 5.72. The van der Waals surface area contributed by atoms with E-state index in [1.165, 1.54) is 18.3 Å². The lowest BCUT2D eigenvalue weighted by Gasteiger charge is -2.20. The maximum Gasteiger partial charge on any atom is 0.416 e. The number of hydrogen-bond donors (Lipinski definition) is 1. The summed E-state index contributed by atoms with van der Waals surface area (Å²) in [5.74, 6) is 0. The Morgan fingerprint density at radius 1 is 1.29 bits per heavy atom. The van der Waals surface area contributed by atoms with E-state index in [-0.39, 0.29) is 10.7 Å². The Bertz CT molecular complexity index is 646. The molecule has 0 aliphatic rings. The predicted molar refractivity (Wildman–Crippen MR) is 80.4 cm³/mol. The molecule has 1 heterocycles. The zero-order valence-corrected chi connectivity index (χ0v) is 13.2. The fourth-order valence-corrected chi connectivity index (χ4v) is 2.46. The Balaban J connectivity index is 2.33. The molecule has 1 N–H and O–H groups in total. The summed E-state index contributed by atoms with van der Waals surface area (Å²) in [6.45, 7) is 1.64. The van der Waals surface area contributed by atoms with Crippen molar-refractivity contribution >= 4 is 33.2 Å². The Kier molecular flexibility index (Phi) is 4.78. The highest BCUT2D eigenvalue weighted by atomic mass is 79.9. The molecular weight excluding hydrogens is 369 g/mol. The van der Waals surface area contributed by atoms with Gasteiger partial charge in [-0.25, -0.2) is 4.98 Å². The average Bonchev–Trinajstić information content (AvgIpc) is 2.42. The van der Waals surface area contributed by atoms with Crippen molar-refractivity contribution in [2.45, 2.75) is 19.1 Å². The van der Waals surface area contributed by atoms with Gasteiger partial charge in [-0.2, -0.15) is 13.2 Å². The van der Waals surface area contributed by atoms with Gasteiger partial charge in [-0.15, -0.1) is 0 Å². The van der Waals surface area contributed by atoms with Gasteiger partial charge in [-0.05, 0) is 40.5 Å². The van der Waals surface area contributed by atoms with E-state index < -0.39 is 17.8 Å². The summed E-state index contributed by atoms with van der Waals surface area (Å²) in [4.78, 5) is 3.93. The van der Waals surface area contributed by atoms with Gasteiger partial charge in [0.25, 0.3) is 0 Å². The van der Waals surface area contributed by atoms with Crippen LogP contribution in [0.4, 0.5) is 18.9 Å².